The predicted molar refractivity (Wildman–Crippen MR) is 76.7 cm³/mol. The fraction of sp³-hybridized carbons (Fsp3) is 0.500. The van der Waals surface area contributed by atoms with Crippen LogP contribution in [0.5, 0.6) is 0 Å². The van der Waals surface area contributed by atoms with Crippen molar-refractivity contribution in [3.8, 4) is 0 Å². The van der Waals surface area contributed by atoms with Gasteiger partial charge in [0.05, 0.1) is 4.92 Å². The normalized spacial score (nSPS) is 23.0. The van der Waals surface area contributed by atoms with E-state index >= 15 is 0 Å². The standard InChI is InChI=1S/C12H15ClN2O2S/c1-12(6-3-7-18-12)8-14-10-5-2-4-9(13)11(10)15(16)17/h2,4-5,14H,3,6-8H2,1H3. The maximum Gasteiger partial charge on any atom is 0.310 e. The molecule has 1 atom stereocenters. The van der Waals surface area contributed by atoms with Crippen molar-refractivity contribution in [1.29, 1.82) is 0 Å². The zero-order valence-corrected chi connectivity index (χ0v) is 11.7. The van der Waals surface area contributed by atoms with Crippen molar-refractivity contribution in [2.45, 2.75) is 24.5 Å². The van der Waals surface area contributed by atoms with E-state index in [0.717, 1.165) is 18.7 Å². The molecule has 1 aromatic rings. The first-order chi connectivity index (χ1) is 8.52. The Labute approximate surface area is 115 Å². The number of nitro groups is 1. The Balaban J connectivity index is 2.14. The Morgan fingerprint density at radius 1 is 1.61 bits per heavy atom. The van der Waals surface area contributed by atoms with Gasteiger partial charge in [-0.15, -0.1) is 0 Å². The number of nitrogens with one attached hydrogen (secondary N) is 1. The highest BCUT2D eigenvalue weighted by atomic mass is 35.5. The number of anilines is 1. The van der Waals surface area contributed by atoms with Crippen LogP contribution >= 0.6 is 23.4 Å². The van der Waals surface area contributed by atoms with Gasteiger partial charge in [-0.05, 0) is 37.7 Å². The van der Waals surface area contributed by atoms with Crippen LogP contribution in [0.25, 0.3) is 0 Å². The number of halogens is 1. The number of thioether (sulfide) groups is 1. The third-order valence-corrected chi connectivity index (χ3v) is 4.97. The first kappa shape index (κ1) is 13.5. The van der Waals surface area contributed by atoms with Gasteiger partial charge in [0.15, 0.2) is 0 Å². The minimum atomic E-state index is -0.436. The minimum absolute atomic E-state index is 0.0363. The van der Waals surface area contributed by atoms with Crippen molar-refractivity contribution in [3.63, 3.8) is 0 Å². The third kappa shape index (κ3) is 2.90. The zero-order chi connectivity index (χ0) is 13.2. The van der Waals surface area contributed by atoms with E-state index in [1.54, 1.807) is 12.1 Å². The molecule has 4 nitrogen and oxygen atoms in total. The van der Waals surface area contributed by atoms with Crippen LogP contribution in [0.3, 0.4) is 0 Å². The maximum atomic E-state index is 11.0. The molecule has 0 spiro atoms. The van der Waals surface area contributed by atoms with Gasteiger partial charge in [-0.3, -0.25) is 10.1 Å². The summed E-state index contributed by atoms with van der Waals surface area (Å²) in [6.07, 6.45) is 2.35. The second-order valence-electron chi connectivity index (χ2n) is 4.65. The molecule has 0 bridgehead atoms. The van der Waals surface area contributed by atoms with Gasteiger partial charge in [-0.1, -0.05) is 17.7 Å². The highest BCUT2D eigenvalue weighted by Crippen LogP contribution is 2.39. The summed E-state index contributed by atoms with van der Waals surface area (Å²) in [5.74, 6) is 1.16. The summed E-state index contributed by atoms with van der Waals surface area (Å²) in [5.41, 5.74) is 0.465. The molecule has 2 rings (SSSR count). The van der Waals surface area contributed by atoms with Crippen molar-refractivity contribution in [3.05, 3.63) is 33.3 Å². The van der Waals surface area contributed by atoms with E-state index in [1.165, 1.54) is 12.5 Å². The van der Waals surface area contributed by atoms with E-state index in [9.17, 15) is 10.1 Å². The highest BCUT2D eigenvalue weighted by Gasteiger charge is 2.30. The Kier molecular flexibility index (Phi) is 4.02. The lowest BCUT2D eigenvalue weighted by Crippen LogP contribution is -2.27. The average Bonchev–Trinajstić information content (AvgIpc) is 2.73. The number of hydrogen-bond donors (Lipinski definition) is 1. The molecule has 0 saturated carbocycles. The third-order valence-electron chi connectivity index (χ3n) is 3.12. The molecule has 1 saturated heterocycles. The molecular weight excluding hydrogens is 272 g/mol. The van der Waals surface area contributed by atoms with Gasteiger partial charge >= 0.3 is 5.69 Å². The van der Waals surface area contributed by atoms with Crippen molar-refractivity contribution in [2.75, 3.05) is 17.6 Å². The molecule has 1 aromatic carbocycles. The summed E-state index contributed by atoms with van der Waals surface area (Å²) >= 11 is 7.78. The van der Waals surface area contributed by atoms with Crippen LogP contribution < -0.4 is 5.32 Å². The minimum Gasteiger partial charge on any atom is -0.378 e. The van der Waals surface area contributed by atoms with E-state index in [-0.39, 0.29) is 15.5 Å². The Hall–Kier alpha value is -0.940. The SMILES string of the molecule is CC1(CNc2cccc(Cl)c2[N+](=O)[O-])CCCS1. The van der Waals surface area contributed by atoms with Crippen LogP contribution in [0.15, 0.2) is 18.2 Å². The molecule has 0 amide bonds. The molecular formula is C12H15ClN2O2S. The molecule has 0 aromatic heterocycles. The Morgan fingerprint density at radius 3 is 3.00 bits per heavy atom. The van der Waals surface area contributed by atoms with Crippen molar-refractivity contribution in [1.82, 2.24) is 0 Å². The molecule has 1 N–H and O–H groups in total. The van der Waals surface area contributed by atoms with Gasteiger partial charge < -0.3 is 5.32 Å². The lowest BCUT2D eigenvalue weighted by Gasteiger charge is -2.23. The van der Waals surface area contributed by atoms with Crippen LogP contribution in [0.2, 0.25) is 5.02 Å². The molecule has 1 unspecified atom stereocenters. The molecule has 1 aliphatic rings. The predicted octanol–water partition coefficient (Wildman–Crippen LogP) is 3.95. The second kappa shape index (κ2) is 5.36. The Bertz CT molecular complexity index is 461. The van der Waals surface area contributed by atoms with Gasteiger partial charge in [0.2, 0.25) is 0 Å². The van der Waals surface area contributed by atoms with Crippen LogP contribution in [0.1, 0.15) is 19.8 Å². The summed E-state index contributed by atoms with van der Waals surface area (Å²) < 4.78 is 0.163. The van der Waals surface area contributed by atoms with Crippen molar-refractivity contribution >= 4 is 34.7 Å². The monoisotopic (exact) mass is 286 g/mol. The van der Waals surface area contributed by atoms with Gasteiger partial charge in [0.1, 0.15) is 10.7 Å². The second-order valence-corrected chi connectivity index (χ2v) is 6.74. The van der Waals surface area contributed by atoms with E-state index < -0.39 is 4.92 Å². The molecule has 1 heterocycles. The number of hydrogen-bond acceptors (Lipinski definition) is 4. The number of benzene rings is 1. The maximum absolute atomic E-state index is 11.0. The smallest absolute Gasteiger partial charge is 0.310 e. The summed E-state index contributed by atoms with van der Waals surface area (Å²) in [5, 5.41) is 14.3. The first-order valence-corrected chi connectivity index (χ1v) is 7.19. The summed E-state index contributed by atoms with van der Waals surface area (Å²) in [4.78, 5) is 10.6. The van der Waals surface area contributed by atoms with Crippen LogP contribution in [0.4, 0.5) is 11.4 Å². The fourth-order valence-corrected chi connectivity index (χ4v) is 3.59. The molecule has 0 aliphatic carbocycles. The average molecular weight is 287 g/mol. The summed E-state index contributed by atoms with van der Waals surface area (Å²) in [6.45, 7) is 2.91. The van der Waals surface area contributed by atoms with Crippen molar-refractivity contribution < 1.29 is 4.92 Å². The zero-order valence-electron chi connectivity index (χ0n) is 10.1. The van der Waals surface area contributed by atoms with E-state index in [0.29, 0.717) is 5.69 Å². The summed E-state index contributed by atoms with van der Waals surface area (Å²) in [6, 6.07) is 4.96. The van der Waals surface area contributed by atoms with Gasteiger partial charge in [-0.25, -0.2) is 0 Å². The van der Waals surface area contributed by atoms with Gasteiger partial charge in [-0.2, -0.15) is 11.8 Å². The van der Waals surface area contributed by atoms with Gasteiger partial charge in [0.25, 0.3) is 0 Å². The van der Waals surface area contributed by atoms with E-state index in [2.05, 4.69) is 12.2 Å². The number of nitro benzene ring substituents is 1. The molecule has 6 heteroatoms. The number of para-hydroxylation sites is 1. The molecule has 18 heavy (non-hydrogen) atoms. The first-order valence-electron chi connectivity index (χ1n) is 5.83. The highest BCUT2D eigenvalue weighted by molar-refractivity contribution is 8.00. The van der Waals surface area contributed by atoms with E-state index in [4.69, 9.17) is 11.6 Å². The number of rotatable bonds is 4. The van der Waals surface area contributed by atoms with Crippen LogP contribution in [-0.4, -0.2) is 22.0 Å². The molecule has 98 valence electrons. The van der Waals surface area contributed by atoms with Crippen LogP contribution in [-0.2, 0) is 0 Å². The Morgan fingerprint density at radius 2 is 2.39 bits per heavy atom. The lowest BCUT2D eigenvalue weighted by molar-refractivity contribution is -0.383. The number of nitrogens with zero attached hydrogens (tertiary/aromatic N) is 1. The lowest BCUT2D eigenvalue weighted by atomic mass is 10.1. The van der Waals surface area contributed by atoms with E-state index in [1.807, 2.05) is 11.8 Å². The van der Waals surface area contributed by atoms with Crippen molar-refractivity contribution in [2.24, 2.45) is 0 Å². The largest absolute Gasteiger partial charge is 0.378 e. The van der Waals surface area contributed by atoms with Crippen LogP contribution in [0, 0.1) is 10.1 Å². The molecule has 1 aliphatic heterocycles. The molecule has 1 fully saturated rings. The topological polar surface area (TPSA) is 55.2 Å². The molecule has 0 radical (unpaired) electrons. The quantitative estimate of drug-likeness (QED) is 0.673. The fourth-order valence-electron chi connectivity index (χ4n) is 2.10. The summed E-state index contributed by atoms with van der Waals surface area (Å²) in [7, 11) is 0. The van der Waals surface area contributed by atoms with Gasteiger partial charge in [0, 0.05) is 11.3 Å².